The summed E-state index contributed by atoms with van der Waals surface area (Å²) in [5.41, 5.74) is 7.70. The van der Waals surface area contributed by atoms with Crippen molar-refractivity contribution in [3.05, 3.63) is 29.6 Å². The monoisotopic (exact) mass is 264 g/mol. The van der Waals surface area contributed by atoms with Gasteiger partial charge in [-0.25, -0.2) is 4.39 Å². The summed E-state index contributed by atoms with van der Waals surface area (Å²) in [6.07, 6.45) is 5.63. The molecule has 1 saturated carbocycles. The maximum atomic E-state index is 14.1. The molecule has 0 amide bonds. The second-order valence-electron chi connectivity index (χ2n) is 5.64. The zero-order chi connectivity index (χ0) is 13.8. The molecular formula is C16H25FN2. The van der Waals surface area contributed by atoms with Crippen LogP contribution in [0.4, 0.5) is 10.1 Å². The SMILES string of the molecule is CCN(c1cccc(F)c1CC(C)N)C1CCCC1. The van der Waals surface area contributed by atoms with Crippen LogP contribution in [0, 0.1) is 5.82 Å². The van der Waals surface area contributed by atoms with Crippen molar-refractivity contribution in [3.63, 3.8) is 0 Å². The van der Waals surface area contributed by atoms with E-state index in [1.54, 1.807) is 6.07 Å². The molecule has 0 aliphatic heterocycles. The third-order valence-corrected chi connectivity index (χ3v) is 4.04. The van der Waals surface area contributed by atoms with Crippen molar-refractivity contribution in [2.45, 2.75) is 58.0 Å². The molecule has 1 aromatic rings. The molecule has 0 radical (unpaired) electrons. The number of rotatable bonds is 5. The Morgan fingerprint density at radius 1 is 1.37 bits per heavy atom. The van der Waals surface area contributed by atoms with Gasteiger partial charge in [0.15, 0.2) is 0 Å². The molecule has 1 atom stereocenters. The number of benzene rings is 1. The Morgan fingerprint density at radius 3 is 2.63 bits per heavy atom. The smallest absolute Gasteiger partial charge is 0.128 e. The van der Waals surface area contributed by atoms with E-state index < -0.39 is 0 Å². The van der Waals surface area contributed by atoms with Gasteiger partial charge in [-0.15, -0.1) is 0 Å². The summed E-state index contributed by atoms with van der Waals surface area (Å²) in [7, 11) is 0. The molecule has 1 aliphatic rings. The summed E-state index contributed by atoms with van der Waals surface area (Å²) >= 11 is 0. The molecule has 1 fully saturated rings. The number of hydrogen-bond acceptors (Lipinski definition) is 2. The molecule has 1 aromatic carbocycles. The molecule has 0 heterocycles. The highest BCUT2D eigenvalue weighted by Crippen LogP contribution is 2.31. The average Bonchev–Trinajstić information content (AvgIpc) is 2.87. The van der Waals surface area contributed by atoms with E-state index in [2.05, 4.69) is 11.8 Å². The maximum absolute atomic E-state index is 14.1. The van der Waals surface area contributed by atoms with E-state index in [0.717, 1.165) is 17.8 Å². The summed E-state index contributed by atoms with van der Waals surface area (Å²) in [6.45, 7) is 5.01. The van der Waals surface area contributed by atoms with Gasteiger partial charge < -0.3 is 10.6 Å². The van der Waals surface area contributed by atoms with E-state index in [4.69, 9.17) is 5.73 Å². The number of anilines is 1. The van der Waals surface area contributed by atoms with Gasteiger partial charge in [-0.2, -0.15) is 0 Å². The van der Waals surface area contributed by atoms with Crippen molar-refractivity contribution in [2.75, 3.05) is 11.4 Å². The molecule has 2 nitrogen and oxygen atoms in total. The Balaban J connectivity index is 2.32. The summed E-state index contributed by atoms with van der Waals surface area (Å²) in [6, 6.07) is 5.95. The molecule has 3 heteroatoms. The van der Waals surface area contributed by atoms with Gasteiger partial charge in [-0.1, -0.05) is 18.9 Å². The first kappa shape index (κ1) is 14.3. The van der Waals surface area contributed by atoms with E-state index in [0.29, 0.717) is 12.5 Å². The first-order valence-electron chi connectivity index (χ1n) is 7.43. The molecule has 2 N–H and O–H groups in total. The summed E-state index contributed by atoms with van der Waals surface area (Å²) in [5.74, 6) is -0.119. The van der Waals surface area contributed by atoms with Gasteiger partial charge in [0.1, 0.15) is 5.82 Å². The summed E-state index contributed by atoms with van der Waals surface area (Å²) in [4.78, 5) is 2.37. The lowest BCUT2D eigenvalue weighted by molar-refractivity contribution is 0.580. The third kappa shape index (κ3) is 3.27. The number of halogens is 1. The average molecular weight is 264 g/mol. The van der Waals surface area contributed by atoms with Crippen LogP contribution >= 0.6 is 0 Å². The van der Waals surface area contributed by atoms with Crippen LogP contribution in [-0.2, 0) is 6.42 Å². The zero-order valence-electron chi connectivity index (χ0n) is 12.0. The fourth-order valence-electron chi connectivity index (χ4n) is 3.18. The predicted molar refractivity (Wildman–Crippen MR) is 79.0 cm³/mol. The van der Waals surface area contributed by atoms with Crippen molar-refractivity contribution >= 4 is 5.69 Å². The summed E-state index contributed by atoms with van der Waals surface area (Å²) in [5, 5.41) is 0. The molecular weight excluding hydrogens is 239 g/mol. The standard InChI is InChI=1S/C16H25FN2/c1-3-19(13-7-4-5-8-13)16-10-6-9-15(17)14(16)11-12(2)18/h6,9-10,12-13H,3-5,7-8,11,18H2,1-2H3. The number of nitrogens with two attached hydrogens (primary N) is 1. The van der Waals surface area contributed by atoms with Crippen molar-refractivity contribution in [1.82, 2.24) is 0 Å². The first-order valence-corrected chi connectivity index (χ1v) is 7.43. The van der Waals surface area contributed by atoms with Crippen LogP contribution in [0.15, 0.2) is 18.2 Å². The number of nitrogens with zero attached hydrogens (tertiary/aromatic N) is 1. The second-order valence-corrected chi connectivity index (χ2v) is 5.64. The second kappa shape index (κ2) is 6.38. The van der Waals surface area contributed by atoms with Crippen LogP contribution in [0.5, 0.6) is 0 Å². The Bertz CT molecular complexity index is 411. The van der Waals surface area contributed by atoms with Gasteiger partial charge in [-0.3, -0.25) is 0 Å². The van der Waals surface area contributed by atoms with Crippen LogP contribution in [0.2, 0.25) is 0 Å². The fourth-order valence-corrected chi connectivity index (χ4v) is 3.18. The molecule has 0 saturated heterocycles. The maximum Gasteiger partial charge on any atom is 0.128 e. The molecule has 0 aromatic heterocycles. The van der Waals surface area contributed by atoms with Crippen LogP contribution in [0.1, 0.15) is 45.1 Å². The van der Waals surface area contributed by atoms with E-state index in [9.17, 15) is 4.39 Å². The van der Waals surface area contributed by atoms with Crippen LogP contribution in [0.3, 0.4) is 0 Å². The van der Waals surface area contributed by atoms with Gasteiger partial charge in [0.25, 0.3) is 0 Å². The van der Waals surface area contributed by atoms with E-state index in [1.165, 1.54) is 25.7 Å². The highest BCUT2D eigenvalue weighted by molar-refractivity contribution is 5.55. The Kier molecular flexibility index (Phi) is 4.81. The minimum absolute atomic E-state index is 0.0158. The van der Waals surface area contributed by atoms with Crippen molar-refractivity contribution in [1.29, 1.82) is 0 Å². The van der Waals surface area contributed by atoms with E-state index in [-0.39, 0.29) is 11.9 Å². The van der Waals surface area contributed by atoms with Crippen LogP contribution < -0.4 is 10.6 Å². The molecule has 106 valence electrons. The van der Waals surface area contributed by atoms with Gasteiger partial charge in [0, 0.05) is 29.9 Å². The van der Waals surface area contributed by atoms with Gasteiger partial charge in [0.05, 0.1) is 0 Å². The molecule has 0 spiro atoms. The van der Waals surface area contributed by atoms with E-state index in [1.807, 2.05) is 19.1 Å². The van der Waals surface area contributed by atoms with Gasteiger partial charge >= 0.3 is 0 Å². The summed E-state index contributed by atoms with van der Waals surface area (Å²) < 4.78 is 14.1. The Labute approximate surface area is 115 Å². The highest BCUT2D eigenvalue weighted by atomic mass is 19.1. The zero-order valence-corrected chi connectivity index (χ0v) is 12.0. The minimum Gasteiger partial charge on any atom is -0.369 e. The van der Waals surface area contributed by atoms with Gasteiger partial charge in [0.2, 0.25) is 0 Å². The highest BCUT2D eigenvalue weighted by Gasteiger charge is 2.24. The topological polar surface area (TPSA) is 29.3 Å². The fraction of sp³-hybridized carbons (Fsp3) is 0.625. The predicted octanol–water partition coefficient (Wildman–Crippen LogP) is 3.48. The van der Waals surface area contributed by atoms with Crippen molar-refractivity contribution < 1.29 is 4.39 Å². The van der Waals surface area contributed by atoms with Gasteiger partial charge in [-0.05, 0) is 45.2 Å². The number of hydrogen-bond donors (Lipinski definition) is 1. The third-order valence-electron chi connectivity index (χ3n) is 4.04. The largest absolute Gasteiger partial charge is 0.369 e. The molecule has 19 heavy (non-hydrogen) atoms. The molecule has 0 bridgehead atoms. The Morgan fingerprint density at radius 2 is 2.05 bits per heavy atom. The molecule has 1 unspecified atom stereocenters. The quantitative estimate of drug-likeness (QED) is 0.882. The lowest BCUT2D eigenvalue weighted by atomic mass is 10.0. The van der Waals surface area contributed by atoms with Crippen LogP contribution in [0.25, 0.3) is 0 Å². The first-order chi connectivity index (χ1) is 9.13. The molecule has 2 rings (SSSR count). The van der Waals surface area contributed by atoms with Crippen molar-refractivity contribution in [2.24, 2.45) is 5.73 Å². The minimum atomic E-state index is -0.119. The van der Waals surface area contributed by atoms with Crippen molar-refractivity contribution in [3.8, 4) is 0 Å². The normalized spacial score (nSPS) is 17.7. The van der Waals surface area contributed by atoms with E-state index >= 15 is 0 Å². The lowest BCUT2D eigenvalue weighted by Gasteiger charge is -2.32. The lowest BCUT2D eigenvalue weighted by Crippen LogP contribution is -2.34. The molecule has 1 aliphatic carbocycles. The Hall–Kier alpha value is -1.09. The van der Waals surface area contributed by atoms with Crippen LogP contribution in [-0.4, -0.2) is 18.6 Å².